The second kappa shape index (κ2) is 3.59. The highest BCUT2D eigenvalue weighted by molar-refractivity contribution is 9.10. The molecule has 0 spiro atoms. The van der Waals surface area contributed by atoms with E-state index < -0.39 is 0 Å². The van der Waals surface area contributed by atoms with E-state index in [1.807, 2.05) is 19.1 Å². The van der Waals surface area contributed by atoms with Gasteiger partial charge in [-0.2, -0.15) is 5.26 Å². The zero-order chi connectivity index (χ0) is 9.14. The van der Waals surface area contributed by atoms with Crippen molar-refractivity contribution in [1.82, 2.24) is 0 Å². The van der Waals surface area contributed by atoms with Gasteiger partial charge in [0.1, 0.15) is 5.75 Å². The zero-order valence-electron chi connectivity index (χ0n) is 6.63. The highest BCUT2D eigenvalue weighted by Gasteiger charge is 2.06. The minimum absolute atomic E-state index is 0.177. The van der Waals surface area contributed by atoms with Gasteiger partial charge in [0.15, 0.2) is 0 Å². The van der Waals surface area contributed by atoms with Gasteiger partial charge in [-0.15, -0.1) is 0 Å². The maximum Gasteiger partial charge on any atom is 0.134 e. The van der Waals surface area contributed by atoms with Crippen LogP contribution in [-0.4, -0.2) is 5.11 Å². The molecule has 0 saturated carbocycles. The molecule has 0 aliphatic heterocycles. The Balaban J connectivity index is 3.19. The van der Waals surface area contributed by atoms with Crippen LogP contribution in [0.4, 0.5) is 0 Å². The van der Waals surface area contributed by atoms with Crippen LogP contribution < -0.4 is 0 Å². The third-order valence-electron chi connectivity index (χ3n) is 1.66. The summed E-state index contributed by atoms with van der Waals surface area (Å²) in [5, 5.41) is 17.9. The lowest BCUT2D eigenvalue weighted by molar-refractivity contribution is 0.466. The standard InChI is InChI=1S/C9H8BrNO/c1-6-2-3-7(4-5-11)9(12)8(6)10/h2-3,12H,4H2,1H3. The first-order chi connectivity index (χ1) is 5.66. The number of phenolic OH excluding ortho intramolecular Hbond substituents is 1. The molecule has 2 nitrogen and oxygen atoms in total. The molecule has 62 valence electrons. The summed E-state index contributed by atoms with van der Waals surface area (Å²) >= 11 is 3.24. The van der Waals surface area contributed by atoms with Crippen LogP contribution >= 0.6 is 15.9 Å². The maximum atomic E-state index is 9.51. The second-order valence-corrected chi connectivity index (χ2v) is 3.33. The molecule has 0 aromatic heterocycles. The Morgan fingerprint density at radius 1 is 1.58 bits per heavy atom. The van der Waals surface area contributed by atoms with E-state index in [0.717, 1.165) is 5.56 Å². The Hall–Kier alpha value is -1.01. The third kappa shape index (κ3) is 1.59. The minimum Gasteiger partial charge on any atom is -0.506 e. The molecule has 0 fully saturated rings. The van der Waals surface area contributed by atoms with Gasteiger partial charge in [0, 0.05) is 5.56 Å². The average molecular weight is 226 g/mol. The van der Waals surface area contributed by atoms with Gasteiger partial charge < -0.3 is 5.11 Å². The lowest BCUT2D eigenvalue weighted by atomic mass is 10.1. The van der Waals surface area contributed by atoms with E-state index in [2.05, 4.69) is 15.9 Å². The second-order valence-electron chi connectivity index (χ2n) is 2.54. The number of nitriles is 1. The van der Waals surface area contributed by atoms with Crippen molar-refractivity contribution in [1.29, 1.82) is 5.26 Å². The summed E-state index contributed by atoms with van der Waals surface area (Å²) in [5.41, 5.74) is 1.63. The molecule has 0 radical (unpaired) electrons. The molecule has 0 amide bonds. The molecule has 12 heavy (non-hydrogen) atoms. The summed E-state index contributed by atoms with van der Waals surface area (Å²) in [5.74, 6) is 0.177. The molecule has 3 heteroatoms. The molecule has 1 rings (SSSR count). The van der Waals surface area contributed by atoms with Crippen molar-refractivity contribution in [2.45, 2.75) is 13.3 Å². The minimum atomic E-state index is 0.177. The highest BCUT2D eigenvalue weighted by Crippen LogP contribution is 2.30. The number of aromatic hydroxyl groups is 1. The number of nitrogens with zero attached hydrogens (tertiary/aromatic N) is 1. The Morgan fingerprint density at radius 3 is 2.83 bits per heavy atom. The predicted molar refractivity (Wildman–Crippen MR) is 49.9 cm³/mol. The van der Waals surface area contributed by atoms with Crippen LogP contribution in [0.3, 0.4) is 0 Å². The van der Waals surface area contributed by atoms with Crippen molar-refractivity contribution < 1.29 is 5.11 Å². The Labute approximate surface area is 79.6 Å². The fourth-order valence-corrected chi connectivity index (χ4v) is 1.32. The van der Waals surface area contributed by atoms with Crippen molar-refractivity contribution in [3.05, 3.63) is 27.7 Å². The van der Waals surface area contributed by atoms with Crippen LogP contribution in [-0.2, 0) is 6.42 Å². The van der Waals surface area contributed by atoms with Gasteiger partial charge in [0.2, 0.25) is 0 Å². The molecule has 0 bridgehead atoms. The van der Waals surface area contributed by atoms with Gasteiger partial charge in [0.05, 0.1) is 17.0 Å². The van der Waals surface area contributed by atoms with Gasteiger partial charge in [0.25, 0.3) is 0 Å². The van der Waals surface area contributed by atoms with Gasteiger partial charge in [-0.3, -0.25) is 0 Å². The first-order valence-electron chi connectivity index (χ1n) is 3.50. The molecule has 0 aliphatic carbocycles. The van der Waals surface area contributed by atoms with Gasteiger partial charge in [-0.1, -0.05) is 12.1 Å². The topological polar surface area (TPSA) is 44.0 Å². The predicted octanol–water partition coefficient (Wildman–Crippen LogP) is 2.53. The van der Waals surface area contributed by atoms with Crippen LogP contribution in [0.5, 0.6) is 5.75 Å². The number of hydrogen-bond donors (Lipinski definition) is 1. The summed E-state index contributed by atoms with van der Waals surface area (Å²) in [7, 11) is 0. The molecule has 0 heterocycles. The monoisotopic (exact) mass is 225 g/mol. The first-order valence-corrected chi connectivity index (χ1v) is 4.30. The maximum absolute atomic E-state index is 9.51. The van der Waals surface area contributed by atoms with Gasteiger partial charge >= 0.3 is 0 Å². The van der Waals surface area contributed by atoms with Crippen molar-refractivity contribution in [2.75, 3.05) is 0 Å². The van der Waals surface area contributed by atoms with Gasteiger partial charge in [-0.05, 0) is 28.4 Å². The molecule has 1 aromatic carbocycles. The smallest absolute Gasteiger partial charge is 0.134 e. The zero-order valence-corrected chi connectivity index (χ0v) is 8.22. The molecule has 1 N–H and O–H groups in total. The van der Waals surface area contributed by atoms with E-state index in [1.165, 1.54) is 0 Å². The van der Waals surface area contributed by atoms with E-state index in [9.17, 15) is 5.11 Å². The fourth-order valence-electron chi connectivity index (χ4n) is 0.933. The van der Waals surface area contributed by atoms with E-state index in [1.54, 1.807) is 6.07 Å². The van der Waals surface area contributed by atoms with Crippen LogP contribution in [0.1, 0.15) is 11.1 Å². The summed E-state index contributed by atoms with van der Waals surface area (Å²) in [6, 6.07) is 5.62. The number of benzene rings is 1. The van der Waals surface area contributed by atoms with E-state index in [4.69, 9.17) is 5.26 Å². The van der Waals surface area contributed by atoms with Crippen LogP contribution in [0, 0.1) is 18.3 Å². The molecular formula is C9H8BrNO. The van der Waals surface area contributed by atoms with Crippen molar-refractivity contribution in [3.8, 4) is 11.8 Å². The van der Waals surface area contributed by atoms with Crippen LogP contribution in [0.2, 0.25) is 0 Å². The Bertz CT molecular complexity index is 341. The average Bonchev–Trinajstić information content (AvgIpc) is 2.07. The lowest BCUT2D eigenvalue weighted by Crippen LogP contribution is -1.85. The molecule has 0 unspecified atom stereocenters. The SMILES string of the molecule is Cc1ccc(CC#N)c(O)c1Br. The molecule has 1 aromatic rings. The summed E-state index contributed by atoms with van der Waals surface area (Å²) < 4.78 is 0.676. The lowest BCUT2D eigenvalue weighted by Gasteiger charge is -2.04. The fraction of sp³-hybridized carbons (Fsp3) is 0.222. The van der Waals surface area contributed by atoms with Crippen LogP contribution in [0.25, 0.3) is 0 Å². The van der Waals surface area contributed by atoms with Crippen molar-refractivity contribution in [3.63, 3.8) is 0 Å². The molecule has 0 saturated heterocycles. The number of rotatable bonds is 1. The highest BCUT2D eigenvalue weighted by atomic mass is 79.9. The van der Waals surface area contributed by atoms with Crippen molar-refractivity contribution in [2.24, 2.45) is 0 Å². The molecule has 0 atom stereocenters. The van der Waals surface area contributed by atoms with E-state index in [-0.39, 0.29) is 12.2 Å². The third-order valence-corrected chi connectivity index (χ3v) is 2.66. The van der Waals surface area contributed by atoms with Crippen LogP contribution in [0.15, 0.2) is 16.6 Å². The number of halogens is 1. The summed E-state index contributed by atoms with van der Waals surface area (Å²) in [6.45, 7) is 1.89. The quantitative estimate of drug-likeness (QED) is 0.799. The number of aryl methyl sites for hydroxylation is 1. The Kier molecular flexibility index (Phi) is 2.72. The normalized spacial score (nSPS) is 9.42. The van der Waals surface area contributed by atoms with Gasteiger partial charge in [-0.25, -0.2) is 0 Å². The number of phenols is 1. The molecular weight excluding hydrogens is 218 g/mol. The molecule has 0 aliphatic rings. The van der Waals surface area contributed by atoms with Crippen molar-refractivity contribution >= 4 is 15.9 Å². The largest absolute Gasteiger partial charge is 0.506 e. The first kappa shape index (κ1) is 9.08. The number of hydrogen-bond acceptors (Lipinski definition) is 2. The summed E-state index contributed by atoms with van der Waals surface area (Å²) in [4.78, 5) is 0. The van der Waals surface area contributed by atoms with E-state index in [0.29, 0.717) is 10.0 Å². The Morgan fingerprint density at radius 2 is 2.25 bits per heavy atom. The summed E-state index contributed by atoms with van der Waals surface area (Å²) in [6.07, 6.45) is 0.241. The van der Waals surface area contributed by atoms with E-state index >= 15 is 0 Å².